The lowest BCUT2D eigenvalue weighted by Gasteiger charge is -2.24. The van der Waals surface area contributed by atoms with E-state index >= 15 is 0 Å². The highest BCUT2D eigenvalue weighted by molar-refractivity contribution is 8.00. The van der Waals surface area contributed by atoms with Crippen LogP contribution in [0, 0.1) is 17.8 Å². The first-order chi connectivity index (χ1) is 17.2. The van der Waals surface area contributed by atoms with Crippen molar-refractivity contribution >= 4 is 30.0 Å². The average Bonchev–Trinajstić information content (AvgIpc) is 3.19. The Morgan fingerprint density at radius 1 is 0.972 bits per heavy atom. The maximum Gasteiger partial charge on any atom is 0.338 e. The van der Waals surface area contributed by atoms with E-state index in [4.69, 9.17) is 9.47 Å². The number of hydrogen-bond acceptors (Lipinski definition) is 7. The smallest absolute Gasteiger partial charge is 0.338 e. The Morgan fingerprint density at radius 3 is 1.94 bits per heavy atom. The lowest BCUT2D eigenvalue weighted by molar-refractivity contribution is -0.118. The predicted octanol–water partition coefficient (Wildman–Crippen LogP) is 5.79. The van der Waals surface area contributed by atoms with Crippen LogP contribution in [0.3, 0.4) is 0 Å². The van der Waals surface area contributed by atoms with Crippen LogP contribution in [-0.4, -0.2) is 46.2 Å². The molecule has 0 radical (unpaired) electrons. The molecule has 7 heteroatoms. The minimum absolute atomic E-state index is 0.0279. The van der Waals surface area contributed by atoms with Crippen molar-refractivity contribution in [3.05, 3.63) is 71.8 Å². The number of benzene rings is 2. The third-order valence-corrected chi connectivity index (χ3v) is 8.46. The zero-order valence-corrected chi connectivity index (χ0v) is 22.5. The topological polar surface area (TPSA) is 89.9 Å². The zero-order chi connectivity index (χ0) is 26.7. The second-order valence-electron chi connectivity index (χ2n) is 9.19. The lowest BCUT2D eigenvalue weighted by atomic mass is 9.89. The quantitative estimate of drug-likeness (QED) is 0.335. The van der Waals surface area contributed by atoms with Gasteiger partial charge in [-0.1, -0.05) is 77.4 Å². The standard InChI is InChI=1S/C15H20O3.C14H18O3S/c1-4-11(2)12(3)14(10-16)18-15(17)13-8-6-5-7-9-13;1-3-11-9(2)12(14(16)18-11)17-13(15)10-7-5-4-6-8-10/h5-12,14H,4H2,1-3H3;4-9,11-12,14,16H,3H2,1-2H3/t11-,12+,14-;9-,11-,12-,14?/m01/s1. The van der Waals surface area contributed by atoms with E-state index in [1.807, 2.05) is 26.0 Å². The first-order valence-corrected chi connectivity index (χ1v) is 13.5. The molecule has 36 heavy (non-hydrogen) atoms. The fraction of sp³-hybridized carbons (Fsp3) is 0.483. The minimum atomic E-state index is -0.673. The Bertz CT molecular complexity index is 951. The van der Waals surface area contributed by atoms with E-state index < -0.39 is 23.6 Å². The molecule has 7 atom stereocenters. The highest BCUT2D eigenvalue weighted by atomic mass is 32.2. The average molecular weight is 515 g/mol. The van der Waals surface area contributed by atoms with Crippen LogP contribution in [0.4, 0.5) is 0 Å². The highest BCUT2D eigenvalue weighted by Crippen LogP contribution is 2.40. The van der Waals surface area contributed by atoms with Gasteiger partial charge >= 0.3 is 11.9 Å². The summed E-state index contributed by atoms with van der Waals surface area (Å²) in [6.07, 6.45) is 1.56. The SMILES string of the molecule is CC[C@H](C)[C@@H](C)[C@H](C=O)OC(=O)c1ccccc1.CC[C@H]1SC(O)[C@H](OC(=O)c2ccccc2)[C@@H]1C. The molecule has 2 aromatic rings. The van der Waals surface area contributed by atoms with Gasteiger partial charge in [-0.15, -0.1) is 11.8 Å². The van der Waals surface area contributed by atoms with Gasteiger partial charge in [-0.25, -0.2) is 9.59 Å². The van der Waals surface area contributed by atoms with Crippen LogP contribution in [0.15, 0.2) is 60.7 Å². The summed E-state index contributed by atoms with van der Waals surface area (Å²) in [5.74, 6) is -0.252. The van der Waals surface area contributed by atoms with Crippen LogP contribution in [-0.2, 0) is 14.3 Å². The number of esters is 2. The van der Waals surface area contributed by atoms with Gasteiger partial charge in [-0.05, 0) is 36.6 Å². The van der Waals surface area contributed by atoms with Crippen molar-refractivity contribution in [2.24, 2.45) is 17.8 Å². The second-order valence-corrected chi connectivity index (χ2v) is 10.5. The minimum Gasteiger partial charge on any atom is -0.455 e. The van der Waals surface area contributed by atoms with Crippen LogP contribution in [0.25, 0.3) is 0 Å². The zero-order valence-electron chi connectivity index (χ0n) is 21.7. The summed E-state index contributed by atoms with van der Waals surface area (Å²) in [4.78, 5) is 34.8. The van der Waals surface area contributed by atoms with E-state index in [1.165, 1.54) is 11.8 Å². The number of aliphatic hydroxyl groups is 1. The van der Waals surface area contributed by atoms with E-state index in [9.17, 15) is 19.5 Å². The molecule has 196 valence electrons. The molecule has 0 aromatic heterocycles. The first kappa shape index (κ1) is 29.6. The summed E-state index contributed by atoms with van der Waals surface area (Å²) < 4.78 is 10.7. The van der Waals surface area contributed by atoms with E-state index in [2.05, 4.69) is 20.8 Å². The molecule has 1 heterocycles. The molecule has 1 fully saturated rings. The fourth-order valence-corrected chi connectivity index (χ4v) is 5.38. The molecule has 1 aliphatic rings. The number of thioether (sulfide) groups is 1. The van der Waals surface area contributed by atoms with E-state index in [-0.39, 0.29) is 17.8 Å². The summed E-state index contributed by atoms with van der Waals surface area (Å²) in [6.45, 7) is 10.2. The van der Waals surface area contributed by atoms with Gasteiger partial charge in [-0.3, -0.25) is 4.79 Å². The third kappa shape index (κ3) is 8.20. The summed E-state index contributed by atoms with van der Waals surface area (Å²) in [5, 5.41) is 10.3. The number of carbonyl (C=O) groups excluding carboxylic acids is 3. The summed E-state index contributed by atoms with van der Waals surface area (Å²) in [5.41, 5.74) is 0.389. The monoisotopic (exact) mass is 514 g/mol. The molecule has 0 amide bonds. The normalized spacial score (nSPS) is 23.4. The van der Waals surface area contributed by atoms with Crippen molar-refractivity contribution in [3.8, 4) is 0 Å². The van der Waals surface area contributed by atoms with Gasteiger partial charge in [0.05, 0.1) is 11.1 Å². The Kier molecular flexibility index (Phi) is 12.2. The molecule has 1 unspecified atom stereocenters. The van der Waals surface area contributed by atoms with Crippen molar-refractivity contribution in [1.82, 2.24) is 0 Å². The maximum atomic E-state index is 11.9. The molecular weight excluding hydrogens is 476 g/mol. The summed E-state index contributed by atoms with van der Waals surface area (Å²) in [6, 6.07) is 17.6. The number of carbonyl (C=O) groups is 3. The number of aliphatic hydroxyl groups excluding tert-OH is 1. The van der Waals surface area contributed by atoms with Gasteiger partial charge in [0.1, 0.15) is 11.5 Å². The molecule has 3 rings (SSSR count). The Hall–Kier alpha value is -2.64. The summed E-state index contributed by atoms with van der Waals surface area (Å²) >= 11 is 1.50. The van der Waals surface area contributed by atoms with E-state index in [0.717, 1.165) is 19.1 Å². The van der Waals surface area contributed by atoms with Crippen LogP contribution in [0.2, 0.25) is 0 Å². The molecule has 1 aliphatic heterocycles. The molecule has 0 aliphatic carbocycles. The Labute approximate surface area is 218 Å². The molecule has 6 nitrogen and oxygen atoms in total. The van der Waals surface area contributed by atoms with Gasteiger partial charge < -0.3 is 14.6 Å². The maximum absolute atomic E-state index is 11.9. The number of aldehydes is 1. The lowest BCUT2D eigenvalue weighted by Crippen LogP contribution is -2.31. The van der Waals surface area contributed by atoms with Crippen LogP contribution in [0.5, 0.6) is 0 Å². The number of rotatable bonds is 9. The van der Waals surface area contributed by atoms with Gasteiger partial charge in [-0.2, -0.15) is 0 Å². The molecule has 0 saturated carbocycles. The van der Waals surface area contributed by atoms with E-state index in [0.29, 0.717) is 22.3 Å². The molecule has 0 bridgehead atoms. The van der Waals surface area contributed by atoms with Crippen LogP contribution >= 0.6 is 11.8 Å². The predicted molar refractivity (Wildman–Crippen MR) is 143 cm³/mol. The van der Waals surface area contributed by atoms with Crippen molar-refractivity contribution < 1.29 is 29.0 Å². The number of hydrogen-bond donors (Lipinski definition) is 1. The van der Waals surface area contributed by atoms with Crippen molar-refractivity contribution in [2.45, 2.75) is 70.4 Å². The fourth-order valence-electron chi connectivity index (χ4n) is 3.97. The largest absolute Gasteiger partial charge is 0.455 e. The van der Waals surface area contributed by atoms with Gasteiger partial charge in [0.25, 0.3) is 0 Å². The first-order valence-electron chi connectivity index (χ1n) is 12.5. The molecule has 1 N–H and O–H groups in total. The molecule has 1 saturated heterocycles. The van der Waals surface area contributed by atoms with Crippen LogP contribution in [0.1, 0.15) is 68.2 Å². The van der Waals surface area contributed by atoms with Gasteiger partial charge in [0, 0.05) is 17.1 Å². The number of ether oxygens (including phenoxy) is 2. The van der Waals surface area contributed by atoms with Crippen molar-refractivity contribution in [1.29, 1.82) is 0 Å². The van der Waals surface area contributed by atoms with E-state index in [1.54, 1.807) is 48.5 Å². The van der Waals surface area contributed by atoms with Gasteiger partial charge in [0.2, 0.25) is 0 Å². The molecular formula is C29H38O6S. The molecule has 0 spiro atoms. The Morgan fingerprint density at radius 2 is 1.50 bits per heavy atom. The summed E-state index contributed by atoms with van der Waals surface area (Å²) in [7, 11) is 0. The third-order valence-electron chi connectivity index (χ3n) is 6.80. The Balaban J connectivity index is 0.000000254. The van der Waals surface area contributed by atoms with Crippen molar-refractivity contribution in [3.63, 3.8) is 0 Å². The van der Waals surface area contributed by atoms with Crippen molar-refractivity contribution in [2.75, 3.05) is 0 Å². The van der Waals surface area contributed by atoms with Crippen LogP contribution < -0.4 is 0 Å². The highest BCUT2D eigenvalue weighted by Gasteiger charge is 2.42. The molecule has 2 aromatic carbocycles. The van der Waals surface area contributed by atoms with Gasteiger partial charge in [0.15, 0.2) is 12.4 Å². The second kappa shape index (κ2) is 14.8.